The normalized spacial score (nSPS) is 10.7. The van der Waals surface area contributed by atoms with Crippen molar-refractivity contribution in [1.29, 1.82) is 0 Å². The Morgan fingerprint density at radius 2 is 1.91 bits per heavy atom. The summed E-state index contributed by atoms with van der Waals surface area (Å²) < 4.78 is 0. The molecule has 0 bridgehead atoms. The van der Waals surface area contributed by atoms with E-state index in [-0.39, 0.29) is 23.2 Å². The number of carbonyl (C=O) groups is 1. The number of hydrazone groups is 1. The minimum Gasteiger partial charge on any atom is -0.506 e. The van der Waals surface area contributed by atoms with Gasteiger partial charge in [0, 0.05) is 10.6 Å². The van der Waals surface area contributed by atoms with Gasteiger partial charge in [0.1, 0.15) is 5.75 Å². The first-order valence-electron chi connectivity index (χ1n) is 6.45. The number of halogens is 3. The highest BCUT2D eigenvalue weighted by Crippen LogP contribution is 2.29. The first-order valence-corrected chi connectivity index (χ1v) is 7.59. The molecule has 0 fully saturated rings. The third kappa shape index (κ3) is 5.03. The van der Waals surface area contributed by atoms with Crippen molar-refractivity contribution in [3.63, 3.8) is 0 Å². The Morgan fingerprint density at radius 3 is 2.65 bits per heavy atom. The number of nitrogens with zero attached hydrogens (tertiary/aromatic N) is 1. The number of para-hydroxylation sites is 1. The fourth-order valence-electron chi connectivity index (χ4n) is 1.68. The fourth-order valence-corrected chi connectivity index (χ4v) is 2.39. The summed E-state index contributed by atoms with van der Waals surface area (Å²) in [6, 6.07) is 9.94. The molecule has 8 heteroatoms. The van der Waals surface area contributed by atoms with Crippen LogP contribution in [0.2, 0.25) is 15.1 Å². The van der Waals surface area contributed by atoms with Crippen LogP contribution in [0.4, 0.5) is 5.69 Å². The van der Waals surface area contributed by atoms with Gasteiger partial charge in [0.05, 0.1) is 28.5 Å². The lowest BCUT2D eigenvalue weighted by molar-refractivity contribution is -0.119. The standard InChI is InChI=1S/C15H12Cl3N3O2/c16-10-5-9(15(23)12(18)6-10)7-20-21-14(22)8-19-13-4-2-1-3-11(13)17/h1-7,19,23H,8H2,(H,21,22). The summed E-state index contributed by atoms with van der Waals surface area (Å²) in [7, 11) is 0. The Balaban J connectivity index is 1.91. The topological polar surface area (TPSA) is 73.7 Å². The van der Waals surface area contributed by atoms with E-state index in [2.05, 4.69) is 15.8 Å². The Kier molecular flexibility index (Phi) is 6.10. The molecule has 0 aliphatic heterocycles. The van der Waals surface area contributed by atoms with Crippen molar-refractivity contribution in [2.75, 3.05) is 11.9 Å². The van der Waals surface area contributed by atoms with Gasteiger partial charge in [0.25, 0.3) is 5.91 Å². The number of hydrogen-bond donors (Lipinski definition) is 3. The molecule has 0 atom stereocenters. The fraction of sp³-hybridized carbons (Fsp3) is 0.0667. The lowest BCUT2D eigenvalue weighted by Gasteiger charge is -2.07. The van der Waals surface area contributed by atoms with Crippen molar-refractivity contribution >= 4 is 52.6 Å². The quantitative estimate of drug-likeness (QED) is 0.550. The summed E-state index contributed by atoms with van der Waals surface area (Å²) in [5.74, 6) is -0.544. The minimum atomic E-state index is -0.381. The maximum atomic E-state index is 11.7. The van der Waals surface area contributed by atoms with Crippen LogP contribution in [0.3, 0.4) is 0 Å². The molecule has 0 radical (unpaired) electrons. The second-order valence-electron chi connectivity index (χ2n) is 4.45. The molecule has 2 aromatic carbocycles. The van der Waals surface area contributed by atoms with Gasteiger partial charge >= 0.3 is 0 Å². The van der Waals surface area contributed by atoms with Crippen LogP contribution in [0, 0.1) is 0 Å². The zero-order valence-electron chi connectivity index (χ0n) is 11.7. The van der Waals surface area contributed by atoms with Crippen LogP contribution < -0.4 is 10.7 Å². The first kappa shape index (κ1) is 17.4. The van der Waals surface area contributed by atoms with E-state index in [1.54, 1.807) is 24.3 Å². The molecule has 1 amide bonds. The summed E-state index contributed by atoms with van der Waals surface area (Å²) in [4.78, 5) is 11.7. The molecule has 0 aromatic heterocycles. The van der Waals surface area contributed by atoms with Gasteiger partial charge in [-0.2, -0.15) is 5.10 Å². The molecule has 0 aliphatic carbocycles. The Bertz CT molecular complexity index is 751. The monoisotopic (exact) mass is 371 g/mol. The highest BCUT2D eigenvalue weighted by Gasteiger charge is 2.06. The summed E-state index contributed by atoms with van der Waals surface area (Å²) in [6.07, 6.45) is 1.25. The summed E-state index contributed by atoms with van der Waals surface area (Å²) in [5.41, 5.74) is 3.25. The van der Waals surface area contributed by atoms with Crippen molar-refractivity contribution in [2.45, 2.75) is 0 Å². The van der Waals surface area contributed by atoms with Crippen LogP contribution in [0.25, 0.3) is 0 Å². The zero-order chi connectivity index (χ0) is 16.8. The lowest BCUT2D eigenvalue weighted by atomic mass is 10.2. The van der Waals surface area contributed by atoms with E-state index in [9.17, 15) is 9.90 Å². The molecule has 0 aliphatic rings. The number of rotatable bonds is 5. The largest absolute Gasteiger partial charge is 0.506 e. The number of anilines is 1. The first-order chi connectivity index (χ1) is 11.0. The van der Waals surface area contributed by atoms with Crippen LogP contribution in [-0.2, 0) is 4.79 Å². The van der Waals surface area contributed by atoms with Gasteiger partial charge in [-0.3, -0.25) is 4.79 Å². The average molecular weight is 373 g/mol. The van der Waals surface area contributed by atoms with Crippen molar-refractivity contribution in [2.24, 2.45) is 5.10 Å². The van der Waals surface area contributed by atoms with E-state index in [1.165, 1.54) is 18.3 Å². The highest BCUT2D eigenvalue weighted by atomic mass is 35.5. The van der Waals surface area contributed by atoms with E-state index >= 15 is 0 Å². The number of amides is 1. The Labute approximate surface area is 147 Å². The molecule has 0 heterocycles. The predicted molar refractivity (Wildman–Crippen MR) is 93.8 cm³/mol. The van der Waals surface area contributed by atoms with Gasteiger partial charge in [0.2, 0.25) is 0 Å². The number of phenols is 1. The van der Waals surface area contributed by atoms with E-state index in [1.807, 2.05) is 0 Å². The van der Waals surface area contributed by atoms with Crippen molar-refractivity contribution in [3.05, 3.63) is 57.0 Å². The smallest absolute Gasteiger partial charge is 0.259 e. The van der Waals surface area contributed by atoms with Crippen LogP contribution in [0.5, 0.6) is 5.75 Å². The summed E-state index contributed by atoms with van der Waals surface area (Å²) >= 11 is 17.6. The summed E-state index contributed by atoms with van der Waals surface area (Å²) in [6.45, 7) is -0.0106. The van der Waals surface area contributed by atoms with Crippen LogP contribution in [0.15, 0.2) is 41.5 Å². The van der Waals surface area contributed by atoms with Crippen molar-refractivity contribution in [3.8, 4) is 5.75 Å². The van der Waals surface area contributed by atoms with Gasteiger partial charge in [-0.05, 0) is 24.3 Å². The number of carbonyl (C=O) groups excluding carboxylic acids is 1. The molecule has 23 heavy (non-hydrogen) atoms. The molecule has 3 N–H and O–H groups in total. The Morgan fingerprint density at radius 1 is 1.17 bits per heavy atom. The van der Waals surface area contributed by atoms with Gasteiger partial charge in [0.15, 0.2) is 0 Å². The van der Waals surface area contributed by atoms with Gasteiger partial charge in [-0.1, -0.05) is 46.9 Å². The van der Waals surface area contributed by atoms with Crippen LogP contribution in [0.1, 0.15) is 5.56 Å². The molecular weight excluding hydrogens is 361 g/mol. The molecule has 0 spiro atoms. The average Bonchev–Trinajstić information content (AvgIpc) is 2.51. The van der Waals surface area contributed by atoms with Crippen LogP contribution >= 0.6 is 34.8 Å². The molecule has 5 nitrogen and oxygen atoms in total. The molecule has 0 saturated heterocycles. The van der Waals surface area contributed by atoms with Crippen molar-refractivity contribution < 1.29 is 9.90 Å². The maximum absolute atomic E-state index is 11.7. The second-order valence-corrected chi connectivity index (χ2v) is 5.70. The molecule has 0 saturated carbocycles. The number of hydrogen-bond acceptors (Lipinski definition) is 4. The van der Waals surface area contributed by atoms with E-state index in [0.29, 0.717) is 21.3 Å². The predicted octanol–water partition coefficient (Wildman–Crippen LogP) is 3.91. The number of benzene rings is 2. The van der Waals surface area contributed by atoms with E-state index in [4.69, 9.17) is 34.8 Å². The third-order valence-electron chi connectivity index (χ3n) is 2.76. The lowest BCUT2D eigenvalue weighted by Crippen LogP contribution is -2.25. The molecule has 120 valence electrons. The molecular formula is C15H12Cl3N3O2. The Hall–Kier alpha value is -1.95. The van der Waals surface area contributed by atoms with Crippen molar-refractivity contribution in [1.82, 2.24) is 5.43 Å². The summed E-state index contributed by atoms with van der Waals surface area (Å²) in [5, 5.41) is 17.3. The number of nitrogens with one attached hydrogen (secondary N) is 2. The molecule has 2 aromatic rings. The zero-order valence-corrected chi connectivity index (χ0v) is 14.0. The van der Waals surface area contributed by atoms with E-state index < -0.39 is 0 Å². The highest BCUT2D eigenvalue weighted by molar-refractivity contribution is 6.36. The number of phenolic OH excluding ortho intramolecular Hbond substituents is 1. The molecule has 2 rings (SSSR count). The van der Waals surface area contributed by atoms with Crippen LogP contribution in [-0.4, -0.2) is 23.8 Å². The van der Waals surface area contributed by atoms with E-state index in [0.717, 1.165) is 0 Å². The maximum Gasteiger partial charge on any atom is 0.259 e. The minimum absolute atomic E-state index is 0.0106. The third-order valence-corrected chi connectivity index (χ3v) is 3.60. The van der Waals surface area contributed by atoms with Gasteiger partial charge in [-0.25, -0.2) is 5.43 Å². The SMILES string of the molecule is O=C(CNc1ccccc1Cl)NN=Cc1cc(Cl)cc(Cl)c1O. The molecule has 0 unspecified atom stereocenters. The van der Waals surface area contributed by atoms with Gasteiger partial charge in [-0.15, -0.1) is 0 Å². The van der Waals surface area contributed by atoms with Gasteiger partial charge < -0.3 is 10.4 Å². The number of aromatic hydroxyl groups is 1. The second kappa shape index (κ2) is 8.06.